The summed E-state index contributed by atoms with van der Waals surface area (Å²) in [6.45, 7) is 4.54. The zero-order valence-corrected chi connectivity index (χ0v) is 7.52. The second-order valence-corrected chi connectivity index (χ2v) is 3.12. The number of methoxy groups -OCH3 is 1. The van der Waals surface area contributed by atoms with Gasteiger partial charge in [-0.25, -0.2) is 0 Å². The van der Waals surface area contributed by atoms with Crippen LogP contribution in [0.4, 0.5) is 0 Å². The summed E-state index contributed by atoms with van der Waals surface area (Å²) in [5.41, 5.74) is 5.42. The summed E-state index contributed by atoms with van der Waals surface area (Å²) in [4.78, 5) is 10.9. The predicted octanol–water partition coefficient (Wildman–Crippen LogP) is 0.924. The van der Waals surface area contributed by atoms with Gasteiger partial charge in [0.2, 0.25) is 0 Å². The van der Waals surface area contributed by atoms with Gasteiger partial charge in [0.1, 0.15) is 0 Å². The van der Waals surface area contributed by atoms with Gasteiger partial charge in [-0.1, -0.05) is 13.8 Å². The van der Waals surface area contributed by atoms with Gasteiger partial charge < -0.3 is 10.5 Å². The van der Waals surface area contributed by atoms with E-state index in [1.54, 1.807) is 0 Å². The molecule has 0 aromatic rings. The third kappa shape index (κ3) is 3.37. The minimum Gasteiger partial charge on any atom is -0.469 e. The van der Waals surface area contributed by atoms with E-state index in [4.69, 9.17) is 5.73 Å². The second kappa shape index (κ2) is 4.34. The molecule has 1 unspecified atom stereocenters. The Morgan fingerprint density at radius 3 is 2.45 bits per heavy atom. The van der Waals surface area contributed by atoms with Crippen LogP contribution in [0.2, 0.25) is 0 Å². The Labute approximate surface area is 67.9 Å². The van der Waals surface area contributed by atoms with Crippen LogP contribution in [-0.2, 0) is 9.53 Å². The molecule has 0 amide bonds. The molecule has 1 atom stereocenters. The van der Waals surface area contributed by atoms with Gasteiger partial charge in [-0.15, -0.1) is 0 Å². The predicted molar refractivity (Wildman–Crippen MR) is 44.1 cm³/mol. The van der Waals surface area contributed by atoms with E-state index in [1.165, 1.54) is 7.11 Å². The molecular weight excluding hydrogens is 142 g/mol. The largest absolute Gasteiger partial charge is 0.469 e. The van der Waals surface area contributed by atoms with Gasteiger partial charge in [0.25, 0.3) is 0 Å². The number of carbonyl (C=O) groups excluding carboxylic acids is 1. The van der Waals surface area contributed by atoms with Gasteiger partial charge in [0.05, 0.1) is 13.5 Å². The Bertz CT molecular complexity index is 130. The first-order chi connectivity index (χ1) is 5.08. The SMILES string of the molecule is CCC(C)(CN)CC(=O)OC. The van der Waals surface area contributed by atoms with Crippen LogP contribution < -0.4 is 5.73 Å². The van der Waals surface area contributed by atoms with Crippen LogP contribution in [0.3, 0.4) is 0 Å². The molecule has 0 aliphatic heterocycles. The number of carbonyl (C=O) groups is 1. The highest BCUT2D eigenvalue weighted by Gasteiger charge is 2.23. The molecule has 0 spiro atoms. The highest BCUT2D eigenvalue weighted by Crippen LogP contribution is 2.23. The molecule has 0 aliphatic rings. The topological polar surface area (TPSA) is 52.3 Å². The number of hydrogen-bond donors (Lipinski definition) is 1. The van der Waals surface area contributed by atoms with Gasteiger partial charge in [0, 0.05) is 0 Å². The Kier molecular flexibility index (Phi) is 4.11. The Morgan fingerprint density at radius 2 is 2.18 bits per heavy atom. The van der Waals surface area contributed by atoms with Crippen LogP contribution in [0.25, 0.3) is 0 Å². The summed E-state index contributed by atoms with van der Waals surface area (Å²) in [6, 6.07) is 0. The van der Waals surface area contributed by atoms with Crippen molar-refractivity contribution in [1.82, 2.24) is 0 Å². The molecule has 2 N–H and O–H groups in total. The highest BCUT2D eigenvalue weighted by molar-refractivity contribution is 5.70. The van der Waals surface area contributed by atoms with Gasteiger partial charge in [-0.3, -0.25) is 4.79 Å². The molecule has 3 nitrogen and oxygen atoms in total. The van der Waals surface area contributed by atoms with Gasteiger partial charge in [-0.05, 0) is 18.4 Å². The molecule has 0 fully saturated rings. The Hall–Kier alpha value is -0.570. The number of esters is 1. The van der Waals surface area contributed by atoms with Crippen molar-refractivity contribution in [2.45, 2.75) is 26.7 Å². The fraction of sp³-hybridized carbons (Fsp3) is 0.875. The number of nitrogens with two attached hydrogens (primary N) is 1. The maximum atomic E-state index is 10.9. The first-order valence-corrected chi connectivity index (χ1v) is 3.85. The van der Waals surface area contributed by atoms with E-state index in [0.29, 0.717) is 13.0 Å². The van der Waals surface area contributed by atoms with Crippen LogP contribution in [-0.4, -0.2) is 19.6 Å². The molecule has 0 aliphatic carbocycles. The van der Waals surface area contributed by atoms with Crippen LogP contribution in [0.5, 0.6) is 0 Å². The first-order valence-electron chi connectivity index (χ1n) is 3.85. The number of ether oxygens (including phenoxy) is 1. The standard InChI is InChI=1S/C8H17NO2/c1-4-8(2,6-9)5-7(10)11-3/h4-6,9H2,1-3H3. The monoisotopic (exact) mass is 159 g/mol. The summed E-state index contributed by atoms with van der Waals surface area (Å²) in [5.74, 6) is -0.181. The van der Waals surface area contributed by atoms with Crippen molar-refractivity contribution in [2.24, 2.45) is 11.1 Å². The lowest BCUT2D eigenvalue weighted by atomic mass is 9.84. The van der Waals surface area contributed by atoms with Crippen LogP contribution in [0.15, 0.2) is 0 Å². The molecule has 0 bridgehead atoms. The van der Waals surface area contributed by atoms with E-state index in [1.807, 2.05) is 13.8 Å². The van der Waals surface area contributed by atoms with Crippen molar-refractivity contribution in [3.05, 3.63) is 0 Å². The van der Waals surface area contributed by atoms with E-state index < -0.39 is 0 Å². The van der Waals surface area contributed by atoms with Crippen molar-refractivity contribution in [1.29, 1.82) is 0 Å². The maximum absolute atomic E-state index is 10.9. The smallest absolute Gasteiger partial charge is 0.306 e. The van der Waals surface area contributed by atoms with E-state index >= 15 is 0 Å². The molecule has 0 saturated heterocycles. The molecule has 0 aromatic carbocycles. The van der Waals surface area contributed by atoms with Crippen molar-refractivity contribution < 1.29 is 9.53 Å². The Morgan fingerprint density at radius 1 is 1.64 bits per heavy atom. The van der Waals surface area contributed by atoms with Gasteiger partial charge in [-0.2, -0.15) is 0 Å². The first kappa shape index (κ1) is 10.4. The summed E-state index contributed by atoms with van der Waals surface area (Å²) in [7, 11) is 1.40. The lowest BCUT2D eigenvalue weighted by Crippen LogP contribution is -2.29. The van der Waals surface area contributed by atoms with Gasteiger partial charge in [0.15, 0.2) is 0 Å². The zero-order chi connectivity index (χ0) is 8.91. The lowest BCUT2D eigenvalue weighted by Gasteiger charge is -2.24. The summed E-state index contributed by atoms with van der Waals surface area (Å²) in [5, 5.41) is 0. The average Bonchev–Trinajstić information content (AvgIpc) is 2.04. The molecule has 11 heavy (non-hydrogen) atoms. The van der Waals surface area contributed by atoms with Crippen molar-refractivity contribution in [3.8, 4) is 0 Å². The van der Waals surface area contributed by atoms with Gasteiger partial charge >= 0.3 is 5.97 Å². The van der Waals surface area contributed by atoms with Crippen LogP contribution in [0, 0.1) is 5.41 Å². The van der Waals surface area contributed by atoms with Crippen molar-refractivity contribution in [3.63, 3.8) is 0 Å². The molecule has 0 aromatic heterocycles. The second-order valence-electron chi connectivity index (χ2n) is 3.12. The number of hydrogen-bond acceptors (Lipinski definition) is 3. The average molecular weight is 159 g/mol. The molecular formula is C8H17NO2. The third-order valence-electron chi connectivity index (χ3n) is 2.15. The fourth-order valence-corrected chi connectivity index (χ4v) is 0.762. The van der Waals surface area contributed by atoms with E-state index in [9.17, 15) is 4.79 Å². The van der Waals surface area contributed by atoms with Crippen LogP contribution in [0.1, 0.15) is 26.7 Å². The number of rotatable bonds is 4. The fourth-order valence-electron chi connectivity index (χ4n) is 0.762. The minimum absolute atomic E-state index is 0.0902. The minimum atomic E-state index is -0.181. The molecule has 0 radical (unpaired) electrons. The van der Waals surface area contributed by atoms with E-state index in [-0.39, 0.29) is 11.4 Å². The van der Waals surface area contributed by atoms with Crippen molar-refractivity contribution >= 4 is 5.97 Å². The lowest BCUT2D eigenvalue weighted by molar-refractivity contribution is -0.143. The Balaban J connectivity index is 3.96. The van der Waals surface area contributed by atoms with Crippen LogP contribution >= 0.6 is 0 Å². The zero-order valence-electron chi connectivity index (χ0n) is 7.52. The molecule has 0 rings (SSSR count). The quantitative estimate of drug-likeness (QED) is 0.621. The van der Waals surface area contributed by atoms with E-state index in [0.717, 1.165) is 6.42 Å². The summed E-state index contributed by atoms with van der Waals surface area (Å²) < 4.78 is 4.56. The molecule has 66 valence electrons. The molecule has 0 saturated carbocycles. The summed E-state index contributed by atoms with van der Waals surface area (Å²) in [6.07, 6.45) is 1.31. The molecule has 0 heterocycles. The normalized spacial score (nSPS) is 15.6. The summed E-state index contributed by atoms with van der Waals surface area (Å²) >= 11 is 0. The van der Waals surface area contributed by atoms with Crippen molar-refractivity contribution in [2.75, 3.05) is 13.7 Å². The third-order valence-corrected chi connectivity index (χ3v) is 2.15. The molecule has 3 heteroatoms. The van der Waals surface area contributed by atoms with E-state index in [2.05, 4.69) is 4.74 Å². The highest BCUT2D eigenvalue weighted by atomic mass is 16.5. The maximum Gasteiger partial charge on any atom is 0.306 e.